The first-order valence-corrected chi connectivity index (χ1v) is 6.62. The third-order valence-corrected chi connectivity index (χ3v) is 3.92. The van der Waals surface area contributed by atoms with Gasteiger partial charge in [-0.15, -0.1) is 0 Å². The third kappa shape index (κ3) is 1.82. The highest BCUT2D eigenvalue weighted by Gasteiger charge is 2.53. The van der Waals surface area contributed by atoms with Crippen molar-refractivity contribution in [2.45, 2.75) is 46.1 Å². The summed E-state index contributed by atoms with van der Waals surface area (Å²) in [5, 5.41) is 0. The summed E-state index contributed by atoms with van der Waals surface area (Å²) >= 11 is 0. The van der Waals surface area contributed by atoms with Crippen molar-refractivity contribution in [1.82, 2.24) is 0 Å². The predicted octanol–water partition coefficient (Wildman–Crippen LogP) is 2.81. The quantitative estimate of drug-likeness (QED) is 0.718. The van der Waals surface area contributed by atoms with E-state index in [4.69, 9.17) is 4.74 Å². The van der Waals surface area contributed by atoms with E-state index in [-0.39, 0.29) is 29.7 Å². The van der Waals surface area contributed by atoms with Crippen molar-refractivity contribution in [1.29, 1.82) is 0 Å². The topological polar surface area (TPSA) is 43.4 Å². The summed E-state index contributed by atoms with van der Waals surface area (Å²) in [7, 11) is 0. The zero-order chi connectivity index (χ0) is 13.4. The van der Waals surface area contributed by atoms with Crippen LogP contribution in [0.25, 0.3) is 0 Å². The van der Waals surface area contributed by atoms with Crippen molar-refractivity contribution in [2.24, 2.45) is 11.8 Å². The molecule has 0 saturated carbocycles. The van der Waals surface area contributed by atoms with Crippen molar-refractivity contribution in [3.63, 3.8) is 0 Å². The van der Waals surface area contributed by atoms with Gasteiger partial charge in [-0.2, -0.15) is 0 Å². The zero-order valence-corrected chi connectivity index (χ0v) is 11.3. The van der Waals surface area contributed by atoms with E-state index in [1.165, 1.54) is 0 Å². The van der Waals surface area contributed by atoms with Gasteiger partial charge in [-0.3, -0.25) is 9.59 Å². The number of hydrogen-bond donors (Lipinski definition) is 0. The van der Waals surface area contributed by atoms with Gasteiger partial charge in [0.25, 0.3) is 0 Å². The number of ether oxygens (including phenoxy) is 1. The van der Waals surface area contributed by atoms with E-state index in [9.17, 15) is 9.59 Å². The van der Waals surface area contributed by atoms with Crippen LogP contribution in [0, 0.1) is 11.8 Å². The molecule has 98 valence electrons. The Morgan fingerprint density at radius 2 is 2.06 bits per heavy atom. The third-order valence-electron chi connectivity index (χ3n) is 3.92. The van der Waals surface area contributed by atoms with E-state index in [1.54, 1.807) is 6.92 Å². The van der Waals surface area contributed by atoms with Crippen molar-refractivity contribution in [3.8, 4) is 0 Å². The Hall–Kier alpha value is -1.38. The molecule has 0 N–H and O–H groups in total. The Kier molecular flexibility index (Phi) is 3.42. The van der Waals surface area contributed by atoms with Crippen LogP contribution in [0.3, 0.4) is 0 Å². The predicted molar refractivity (Wildman–Crippen MR) is 68.9 cm³/mol. The molecular formula is C15H20O3. The van der Waals surface area contributed by atoms with Crippen LogP contribution in [0.4, 0.5) is 0 Å². The number of carbonyl (C=O) groups excluding carboxylic acids is 2. The molecule has 0 aromatic heterocycles. The molecule has 3 nitrogen and oxygen atoms in total. The SMILES string of the molecule is C=C(C)C1=C(CCCC)[C@@H]2OC(=O)[C@@H](C)[C@@H]2C1=O. The molecule has 18 heavy (non-hydrogen) atoms. The second-order valence-electron chi connectivity index (χ2n) is 5.32. The molecule has 1 aliphatic heterocycles. The number of carbonyl (C=O) groups is 2. The Morgan fingerprint density at radius 1 is 1.39 bits per heavy atom. The first-order valence-electron chi connectivity index (χ1n) is 6.62. The average molecular weight is 248 g/mol. The molecule has 1 aliphatic carbocycles. The van der Waals surface area contributed by atoms with Gasteiger partial charge in [-0.25, -0.2) is 0 Å². The molecule has 0 radical (unpaired) electrons. The van der Waals surface area contributed by atoms with Gasteiger partial charge in [-0.1, -0.05) is 26.8 Å². The lowest BCUT2D eigenvalue weighted by atomic mass is 9.89. The van der Waals surface area contributed by atoms with E-state index in [0.717, 1.165) is 36.0 Å². The van der Waals surface area contributed by atoms with E-state index >= 15 is 0 Å². The number of unbranched alkanes of at least 4 members (excludes halogenated alkanes) is 1. The number of fused-ring (bicyclic) bond motifs is 1. The fraction of sp³-hybridized carbons (Fsp3) is 0.600. The lowest BCUT2D eigenvalue weighted by Gasteiger charge is -2.12. The fourth-order valence-corrected chi connectivity index (χ4v) is 2.95. The normalized spacial score (nSPS) is 30.7. The summed E-state index contributed by atoms with van der Waals surface area (Å²) in [6.45, 7) is 9.64. The lowest BCUT2D eigenvalue weighted by Crippen LogP contribution is -2.22. The van der Waals surface area contributed by atoms with Gasteiger partial charge in [0.2, 0.25) is 0 Å². The first kappa shape index (κ1) is 13.1. The van der Waals surface area contributed by atoms with Crippen LogP contribution < -0.4 is 0 Å². The van der Waals surface area contributed by atoms with Gasteiger partial charge in [0, 0.05) is 5.57 Å². The lowest BCUT2D eigenvalue weighted by molar-refractivity contribution is -0.143. The summed E-state index contributed by atoms with van der Waals surface area (Å²) in [5.74, 6) is -0.822. The minimum Gasteiger partial charge on any atom is -0.457 e. The minimum absolute atomic E-state index is 0.0527. The van der Waals surface area contributed by atoms with E-state index in [0.29, 0.717) is 0 Å². The van der Waals surface area contributed by atoms with Crippen molar-refractivity contribution in [2.75, 3.05) is 0 Å². The van der Waals surface area contributed by atoms with Crippen LogP contribution in [-0.2, 0) is 14.3 Å². The van der Waals surface area contributed by atoms with Crippen LogP contribution >= 0.6 is 0 Å². The molecule has 1 saturated heterocycles. The second kappa shape index (κ2) is 4.71. The van der Waals surface area contributed by atoms with Crippen molar-refractivity contribution >= 4 is 11.8 Å². The van der Waals surface area contributed by atoms with E-state index < -0.39 is 0 Å². The Morgan fingerprint density at radius 3 is 2.61 bits per heavy atom. The summed E-state index contributed by atoms with van der Waals surface area (Å²) < 4.78 is 5.40. The molecule has 0 amide bonds. The number of ketones is 1. The highest BCUT2D eigenvalue weighted by molar-refractivity contribution is 6.08. The molecule has 2 rings (SSSR count). The summed E-state index contributed by atoms with van der Waals surface area (Å²) in [6, 6.07) is 0. The van der Waals surface area contributed by atoms with Gasteiger partial charge >= 0.3 is 5.97 Å². The van der Waals surface area contributed by atoms with Crippen LogP contribution in [0.1, 0.15) is 40.0 Å². The number of hydrogen-bond acceptors (Lipinski definition) is 3. The maximum absolute atomic E-state index is 12.4. The van der Waals surface area contributed by atoms with Crippen LogP contribution in [0.15, 0.2) is 23.3 Å². The van der Waals surface area contributed by atoms with Gasteiger partial charge in [0.1, 0.15) is 6.10 Å². The van der Waals surface area contributed by atoms with E-state index in [1.807, 2.05) is 6.92 Å². The molecule has 2 aliphatic rings. The van der Waals surface area contributed by atoms with Gasteiger partial charge in [0.15, 0.2) is 5.78 Å². The second-order valence-corrected chi connectivity index (χ2v) is 5.32. The highest BCUT2D eigenvalue weighted by Crippen LogP contribution is 2.44. The number of allylic oxidation sites excluding steroid dienone is 2. The molecule has 0 aromatic carbocycles. The Balaban J connectivity index is 2.38. The first-order chi connectivity index (χ1) is 8.49. The summed E-state index contributed by atoms with van der Waals surface area (Å²) in [4.78, 5) is 24.0. The minimum atomic E-state index is -0.323. The smallest absolute Gasteiger partial charge is 0.310 e. The average Bonchev–Trinajstić information content (AvgIpc) is 2.73. The monoisotopic (exact) mass is 248 g/mol. The highest BCUT2D eigenvalue weighted by atomic mass is 16.6. The maximum atomic E-state index is 12.4. The number of rotatable bonds is 4. The zero-order valence-electron chi connectivity index (χ0n) is 11.3. The fourth-order valence-electron chi connectivity index (χ4n) is 2.95. The molecule has 0 bridgehead atoms. The summed E-state index contributed by atoms with van der Waals surface area (Å²) in [6.07, 6.45) is 2.57. The van der Waals surface area contributed by atoms with Gasteiger partial charge < -0.3 is 4.74 Å². The maximum Gasteiger partial charge on any atom is 0.310 e. The molecule has 1 fully saturated rings. The molecule has 0 spiro atoms. The largest absolute Gasteiger partial charge is 0.457 e. The number of esters is 1. The van der Waals surface area contributed by atoms with Gasteiger partial charge in [0.05, 0.1) is 11.8 Å². The molecule has 1 heterocycles. The Bertz CT molecular complexity index is 445. The summed E-state index contributed by atoms with van der Waals surface area (Å²) in [5.41, 5.74) is 2.53. The van der Waals surface area contributed by atoms with Crippen LogP contribution in [0.5, 0.6) is 0 Å². The molecule has 0 aromatic rings. The van der Waals surface area contributed by atoms with E-state index in [2.05, 4.69) is 13.5 Å². The van der Waals surface area contributed by atoms with Crippen LogP contribution in [-0.4, -0.2) is 17.9 Å². The molecule has 3 atom stereocenters. The molecule has 0 unspecified atom stereocenters. The molecule has 3 heteroatoms. The molecular weight excluding hydrogens is 228 g/mol. The van der Waals surface area contributed by atoms with Crippen molar-refractivity contribution in [3.05, 3.63) is 23.3 Å². The standard InChI is InChI=1S/C15H20O3/c1-5-6-7-10-11(8(2)3)13(16)12-9(4)15(17)18-14(10)12/h9,12,14H,2,5-7H2,1,3-4H3/t9-,12+,14-/m0/s1. The Labute approximate surface area is 108 Å². The number of Topliss-reactive ketones (excluding diaryl/α,β-unsaturated/α-hetero) is 1. The van der Waals surface area contributed by atoms with Gasteiger partial charge in [-0.05, 0) is 30.9 Å². The van der Waals surface area contributed by atoms with Crippen LogP contribution in [0.2, 0.25) is 0 Å². The van der Waals surface area contributed by atoms with Crippen molar-refractivity contribution < 1.29 is 14.3 Å².